The van der Waals surface area contributed by atoms with Crippen molar-refractivity contribution < 1.29 is 4.74 Å². The first-order chi connectivity index (χ1) is 8.76. The van der Waals surface area contributed by atoms with Gasteiger partial charge in [0.2, 0.25) is 0 Å². The van der Waals surface area contributed by atoms with E-state index in [4.69, 9.17) is 10.00 Å². The number of ether oxygens (including phenoxy) is 1. The van der Waals surface area contributed by atoms with Crippen molar-refractivity contribution in [2.45, 2.75) is 0 Å². The van der Waals surface area contributed by atoms with Crippen LogP contribution in [-0.4, -0.2) is 17.1 Å². The Balaban J connectivity index is 2.46. The van der Waals surface area contributed by atoms with Crippen LogP contribution in [0.15, 0.2) is 35.2 Å². The largest absolute Gasteiger partial charge is 0.495 e. The first kappa shape index (κ1) is 12.3. The average molecular weight is 305 g/mol. The van der Waals surface area contributed by atoms with E-state index in [-0.39, 0.29) is 0 Å². The fourth-order valence-electron chi connectivity index (χ4n) is 1.45. The van der Waals surface area contributed by atoms with E-state index in [2.05, 4.69) is 37.3 Å². The number of hydrogen-bond acceptors (Lipinski definition) is 5. The second-order valence-electron chi connectivity index (χ2n) is 3.34. The number of halogens is 1. The van der Waals surface area contributed by atoms with Crippen LogP contribution in [0.25, 0.3) is 0 Å². The molecule has 0 aliphatic carbocycles. The maximum atomic E-state index is 9.10. The number of rotatable bonds is 3. The molecule has 1 aromatic carbocycles. The number of methoxy groups -OCH3 is 1. The van der Waals surface area contributed by atoms with Gasteiger partial charge in [-0.1, -0.05) is 6.07 Å². The van der Waals surface area contributed by atoms with E-state index >= 15 is 0 Å². The van der Waals surface area contributed by atoms with Gasteiger partial charge in [-0.3, -0.25) is 0 Å². The van der Waals surface area contributed by atoms with Gasteiger partial charge in [0, 0.05) is 6.20 Å². The maximum Gasteiger partial charge on any atom is 0.148 e. The third-order valence-electron chi connectivity index (χ3n) is 2.28. The van der Waals surface area contributed by atoms with Gasteiger partial charge < -0.3 is 10.1 Å². The number of nitrogens with one attached hydrogen (secondary N) is 1. The van der Waals surface area contributed by atoms with E-state index in [1.165, 1.54) is 6.33 Å². The van der Waals surface area contributed by atoms with Crippen molar-refractivity contribution in [2.75, 3.05) is 12.4 Å². The molecule has 0 spiro atoms. The first-order valence-electron chi connectivity index (χ1n) is 5.06. The molecule has 2 rings (SSSR count). The summed E-state index contributed by atoms with van der Waals surface area (Å²) in [6, 6.07) is 7.35. The molecule has 0 saturated heterocycles. The molecule has 0 saturated carbocycles. The van der Waals surface area contributed by atoms with Gasteiger partial charge in [0.15, 0.2) is 0 Å². The fourth-order valence-corrected chi connectivity index (χ4v) is 1.77. The standard InChI is InChI=1S/C12H9BrN4O/c1-18-10-4-2-3-8(5-14)11(10)17-12-9(13)6-15-7-16-12/h2-4,6-7H,1H3,(H,15,16,17). The number of benzene rings is 1. The van der Waals surface area contributed by atoms with Crippen molar-refractivity contribution in [3.63, 3.8) is 0 Å². The van der Waals surface area contributed by atoms with Gasteiger partial charge in [0.25, 0.3) is 0 Å². The number of para-hydroxylation sites is 1. The van der Waals surface area contributed by atoms with Crippen LogP contribution in [-0.2, 0) is 0 Å². The predicted octanol–water partition coefficient (Wildman–Crippen LogP) is 2.86. The molecular formula is C12H9BrN4O. The lowest BCUT2D eigenvalue weighted by molar-refractivity contribution is 0.416. The predicted molar refractivity (Wildman–Crippen MR) is 70.7 cm³/mol. The Morgan fingerprint density at radius 2 is 2.28 bits per heavy atom. The van der Waals surface area contributed by atoms with Gasteiger partial charge in [-0.05, 0) is 28.1 Å². The van der Waals surface area contributed by atoms with E-state index in [9.17, 15) is 0 Å². The minimum Gasteiger partial charge on any atom is -0.495 e. The molecule has 0 aliphatic rings. The molecule has 0 atom stereocenters. The van der Waals surface area contributed by atoms with Crippen LogP contribution in [0.3, 0.4) is 0 Å². The molecule has 0 aliphatic heterocycles. The molecule has 1 N–H and O–H groups in total. The van der Waals surface area contributed by atoms with Gasteiger partial charge >= 0.3 is 0 Å². The summed E-state index contributed by atoms with van der Waals surface area (Å²) in [7, 11) is 1.55. The highest BCUT2D eigenvalue weighted by Crippen LogP contribution is 2.32. The van der Waals surface area contributed by atoms with E-state index in [1.807, 2.05) is 0 Å². The molecule has 90 valence electrons. The molecule has 1 heterocycles. The Kier molecular flexibility index (Phi) is 3.75. The first-order valence-corrected chi connectivity index (χ1v) is 5.85. The summed E-state index contributed by atoms with van der Waals surface area (Å²) < 4.78 is 5.94. The van der Waals surface area contributed by atoms with Crippen molar-refractivity contribution in [1.82, 2.24) is 9.97 Å². The number of nitrogens with zero attached hydrogens (tertiary/aromatic N) is 3. The van der Waals surface area contributed by atoms with Crippen LogP contribution in [0, 0.1) is 11.3 Å². The van der Waals surface area contributed by atoms with E-state index in [1.54, 1.807) is 31.5 Å². The second-order valence-corrected chi connectivity index (χ2v) is 4.19. The zero-order valence-corrected chi connectivity index (χ0v) is 11.1. The molecule has 5 nitrogen and oxygen atoms in total. The van der Waals surface area contributed by atoms with Crippen LogP contribution in [0.2, 0.25) is 0 Å². The van der Waals surface area contributed by atoms with Crippen LogP contribution in [0.1, 0.15) is 5.56 Å². The van der Waals surface area contributed by atoms with Gasteiger partial charge in [0.05, 0.1) is 17.1 Å². The van der Waals surface area contributed by atoms with Gasteiger partial charge in [-0.2, -0.15) is 5.26 Å². The monoisotopic (exact) mass is 304 g/mol. The Bertz CT molecular complexity index is 609. The topological polar surface area (TPSA) is 70.8 Å². The lowest BCUT2D eigenvalue weighted by Crippen LogP contribution is -2.00. The van der Waals surface area contributed by atoms with Crippen molar-refractivity contribution in [2.24, 2.45) is 0 Å². The van der Waals surface area contributed by atoms with Crippen molar-refractivity contribution in [3.05, 3.63) is 40.8 Å². The smallest absolute Gasteiger partial charge is 0.148 e. The highest BCUT2D eigenvalue weighted by Gasteiger charge is 2.11. The van der Waals surface area contributed by atoms with Gasteiger partial charge in [0.1, 0.15) is 29.7 Å². The van der Waals surface area contributed by atoms with Crippen LogP contribution >= 0.6 is 15.9 Å². The molecule has 18 heavy (non-hydrogen) atoms. The van der Waals surface area contributed by atoms with Crippen molar-refractivity contribution in [1.29, 1.82) is 5.26 Å². The summed E-state index contributed by atoms with van der Waals surface area (Å²) in [5.41, 5.74) is 1.07. The normalized spacial score (nSPS) is 9.61. The summed E-state index contributed by atoms with van der Waals surface area (Å²) in [6.45, 7) is 0. The van der Waals surface area contributed by atoms with Gasteiger partial charge in [-0.15, -0.1) is 0 Å². The second kappa shape index (κ2) is 5.47. The molecule has 0 unspecified atom stereocenters. The number of aromatic nitrogens is 2. The van der Waals surface area contributed by atoms with Crippen LogP contribution in [0.4, 0.5) is 11.5 Å². The summed E-state index contributed by atoms with van der Waals surface area (Å²) in [5.74, 6) is 1.16. The zero-order valence-electron chi connectivity index (χ0n) is 9.51. The SMILES string of the molecule is COc1cccc(C#N)c1Nc1ncncc1Br. The summed E-state index contributed by atoms with van der Waals surface area (Å²) in [5, 5.41) is 12.2. The third kappa shape index (κ3) is 2.41. The highest BCUT2D eigenvalue weighted by molar-refractivity contribution is 9.10. The third-order valence-corrected chi connectivity index (χ3v) is 2.86. The molecule has 2 aromatic rings. The lowest BCUT2D eigenvalue weighted by atomic mass is 10.2. The average Bonchev–Trinajstić information content (AvgIpc) is 2.41. The van der Waals surface area contributed by atoms with Crippen LogP contribution in [0.5, 0.6) is 5.75 Å². The summed E-state index contributed by atoms with van der Waals surface area (Å²) >= 11 is 3.34. The molecule has 0 amide bonds. The number of nitriles is 1. The fraction of sp³-hybridized carbons (Fsp3) is 0.0833. The molecule has 0 bridgehead atoms. The van der Waals surface area contributed by atoms with E-state index in [0.717, 1.165) is 0 Å². The number of hydrogen-bond donors (Lipinski definition) is 1. The Morgan fingerprint density at radius 1 is 1.44 bits per heavy atom. The lowest BCUT2D eigenvalue weighted by Gasteiger charge is -2.12. The van der Waals surface area contributed by atoms with E-state index in [0.29, 0.717) is 27.3 Å². The molecule has 0 fully saturated rings. The van der Waals surface area contributed by atoms with Crippen molar-refractivity contribution in [3.8, 4) is 11.8 Å². The Morgan fingerprint density at radius 3 is 2.94 bits per heavy atom. The maximum absolute atomic E-state index is 9.10. The Labute approximate surface area is 113 Å². The molecule has 0 radical (unpaired) electrons. The van der Waals surface area contributed by atoms with Gasteiger partial charge in [-0.25, -0.2) is 9.97 Å². The molecular weight excluding hydrogens is 296 g/mol. The quantitative estimate of drug-likeness (QED) is 0.944. The van der Waals surface area contributed by atoms with E-state index < -0.39 is 0 Å². The summed E-state index contributed by atoms with van der Waals surface area (Å²) in [6.07, 6.45) is 3.05. The Hall–Kier alpha value is -2.13. The van der Waals surface area contributed by atoms with Crippen molar-refractivity contribution >= 4 is 27.4 Å². The number of anilines is 2. The van der Waals surface area contributed by atoms with Crippen LogP contribution < -0.4 is 10.1 Å². The molecule has 6 heteroatoms. The summed E-state index contributed by atoms with van der Waals surface area (Å²) in [4.78, 5) is 7.97. The molecule has 1 aromatic heterocycles. The minimum atomic E-state index is 0.486. The zero-order chi connectivity index (χ0) is 13.0. The highest BCUT2D eigenvalue weighted by atomic mass is 79.9. The minimum absolute atomic E-state index is 0.486.